The maximum absolute atomic E-state index is 5.41. The van der Waals surface area contributed by atoms with Gasteiger partial charge in [0.2, 0.25) is 0 Å². The Morgan fingerprint density at radius 1 is 1.32 bits per heavy atom. The minimum Gasteiger partial charge on any atom is -0.497 e. The molecule has 102 valence electrons. The van der Waals surface area contributed by atoms with Crippen molar-refractivity contribution in [2.24, 2.45) is 0 Å². The lowest BCUT2D eigenvalue weighted by Crippen LogP contribution is -2.22. The number of ether oxygens (including phenoxy) is 2. The Morgan fingerprint density at radius 2 is 2.16 bits per heavy atom. The van der Waals surface area contributed by atoms with Crippen LogP contribution in [-0.4, -0.2) is 31.3 Å². The highest BCUT2D eigenvalue weighted by Crippen LogP contribution is 2.25. The summed E-state index contributed by atoms with van der Waals surface area (Å²) in [4.78, 5) is 4.40. The van der Waals surface area contributed by atoms with Crippen LogP contribution in [0.5, 0.6) is 5.75 Å². The van der Waals surface area contributed by atoms with Crippen LogP contribution >= 0.6 is 0 Å². The van der Waals surface area contributed by atoms with Gasteiger partial charge >= 0.3 is 0 Å². The van der Waals surface area contributed by atoms with Crippen molar-refractivity contribution in [3.05, 3.63) is 30.5 Å². The van der Waals surface area contributed by atoms with Gasteiger partial charge in [-0.2, -0.15) is 0 Å². The molecule has 0 aliphatic heterocycles. The van der Waals surface area contributed by atoms with Gasteiger partial charge in [-0.25, -0.2) is 4.98 Å². The molecular weight excluding hydrogens is 240 g/mol. The lowest BCUT2D eigenvalue weighted by atomic mass is 10.1. The van der Waals surface area contributed by atoms with Gasteiger partial charge in [-0.1, -0.05) is 0 Å². The first-order chi connectivity index (χ1) is 9.24. The zero-order valence-corrected chi connectivity index (χ0v) is 11.6. The number of hydrogen-bond donors (Lipinski definition) is 1. The molecule has 0 radical (unpaired) electrons. The van der Waals surface area contributed by atoms with Gasteiger partial charge in [0.05, 0.1) is 13.7 Å². The topological polar surface area (TPSA) is 43.4 Å². The van der Waals surface area contributed by atoms with Gasteiger partial charge in [-0.05, 0) is 43.5 Å². The standard InChI is InChI=1S/C15H20N2O2/c1-4-19-10-11(2)17-15-14-6-5-13(18-3)9-12(14)7-8-16-15/h5-9,11H,4,10H2,1-3H3,(H,16,17). The Morgan fingerprint density at radius 3 is 2.89 bits per heavy atom. The third kappa shape index (κ3) is 3.35. The van der Waals surface area contributed by atoms with Gasteiger partial charge < -0.3 is 14.8 Å². The van der Waals surface area contributed by atoms with Crippen molar-refractivity contribution in [2.45, 2.75) is 19.9 Å². The Balaban J connectivity index is 2.23. The number of nitrogens with zero attached hydrogens (tertiary/aromatic N) is 1. The van der Waals surface area contributed by atoms with E-state index >= 15 is 0 Å². The van der Waals surface area contributed by atoms with Gasteiger partial charge in [-0.15, -0.1) is 0 Å². The summed E-state index contributed by atoms with van der Waals surface area (Å²) in [5.74, 6) is 1.74. The highest BCUT2D eigenvalue weighted by Gasteiger charge is 2.07. The fourth-order valence-corrected chi connectivity index (χ4v) is 1.97. The average Bonchev–Trinajstić information content (AvgIpc) is 2.44. The molecule has 19 heavy (non-hydrogen) atoms. The van der Waals surface area contributed by atoms with Crippen molar-refractivity contribution in [3.63, 3.8) is 0 Å². The number of rotatable bonds is 6. The van der Waals surface area contributed by atoms with E-state index < -0.39 is 0 Å². The SMILES string of the molecule is CCOCC(C)Nc1nccc2cc(OC)ccc12. The maximum Gasteiger partial charge on any atom is 0.134 e. The molecule has 0 aliphatic rings. The number of pyridine rings is 1. The van der Waals surface area contributed by atoms with E-state index in [9.17, 15) is 0 Å². The van der Waals surface area contributed by atoms with Crippen molar-refractivity contribution in [1.29, 1.82) is 0 Å². The van der Waals surface area contributed by atoms with Gasteiger partial charge in [0, 0.05) is 24.2 Å². The van der Waals surface area contributed by atoms with Crippen molar-refractivity contribution >= 4 is 16.6 Å². The Hall–Kier alpha value is -1.81. The minimum absolute atomic E-state index is 0.222. The summed E-state index contributed by atoms with van der Waals surface area (Å²) in [5.41, 5.74) is 0. The van der Waals surface area contributed by atoms with Crippen LogP contribution in [0.2, 0.25) is 0 Å². The molecule has 0 amide bonds. The monoisotopic (exact) mass is 260 g/mol. The molecule has 0 aliphatic carbocycles. The zero-order valence-electron chi connectivity index (χ0n) is 11.6. The Bertz CT molecular complexity index is 543. The largest absolute Gasteiger partial charge is 0.497 e. The molecule has 4 nitrogen and oxygen atoms in total. The second-order valence-corrected chi connectivity index (χ2v) is 4.45. The number of fused-ring (bicyclic) bond motifs is 1. The molecule has 1 atom stereocenters. The predicted molar refractivity (Wildman–Crippen MR) is 77.9 cm³/mol. The lowest BCUT2D eigenvalue weighted by Gasteiger charge is -2.16. The highest BCUT2D eigenvalue weighted by atomic mass is 16.5. The Kier molecular flexibility index (Phi) is 4.58. The molecule has 2 aromatic rings. The van der Waals surface area contributed by atoms with Crippen LogP contribution in [0.25, 0.3) is 10.8 Å². The van der Waals surface area contributed by atoms with Crippen LogP contribution in [0, 0.1) is 0 Å². The number of nitrogens with one attached hydrogen (secondary N) is 1. The normalized spacial score (nSPS) is 12.4. The molecule has 0 saturated heterocycles. The smallest absolute Gasteiger partial charge is 0.134 e. The fourth-order valence-electron chi connectivity index (χ4n) is 1.97. The third-order valence-corrected chi connectivity index (χ3v) is 2.93. The highest BCUT2D eigenvalue weighted by molar-refractivity contribution is 5.92. The Labute approximate surface area is 113 Å². The van der Waals surface area contributed by atoms with Crippen molar-refractivity contribution < 1.29 is 9.47 Å². The molecule has 1 unspecified atom stereocenters. The van der Waals surface area contributed by atoms with Gasteiger partial charge in [0.1, 0.15) is 11.6 Å². The summed E-state index contributed by atoms with van der Waals surface area (Å²) in [7, 11) is 1.67. The van der Waals surface area contributed by atoms with Crippen LogP contribution in [-0.2, 0) is 4.74 Å². The fraction of sp³-hybridized carbons (Fsp3) is 0.400. The molecule has 2 rings (SSSR count). The van der Waals surface area contributed by atoms with Crippen LogP contribution in [0.15, 0.2) is 30.5 Å². The molecule has 1 heterocycles. The molecule has 1 N–H and O–H groups in total. The van der Waals surface area contributed by atoms with E-state index in [1.165, 1.54) is 0 Å². The summed E-state index contributed by atoms with van der Waals surface area (Å²) in [6, 6.07) is 8.19. The molecule has 0 fully saturated rings. The van der Waals surface area contributed by atoms with Crippen molar-refractivity contribution in [3.8, 4) is 5.75 Å². The third-order valence-electron chi connectivity index (χ3n) is 2.93. The summed E-state index contributed by atoms with van der Waals surface area (Å²) in [6.07, 6.45) is 1.80. The van der Waals surface area contributed by atoms with Crippen LogP contribution in [0.3, 0.4) is 0 Å². The summed E-state index contributed by atoms with van der Waals surface area (Å²) < 4.78 is 10.6. The van der Waals surface area contributed by atoms with Gasteiger partial charge in [0.25, 0.3) is 0 Å². The number of anilines is 1. The van der Waals surface area contributed by atoms with Crippen molar-refractivity contribution in [2.75, 3.05) is 25.6 Å². The second kappa shape index (κ2) is 6.38. The van der Waals surface area contributed by atoms with E-state index in [0.29, 0.717) is 6.61 Å². The minimum atomic E-state index is 0.222. The van der Waals surface area contributed by atoms with Crippen LogP contribution in [0.4, 0.5) is 5.82 Å². The molecule has 0 saturated carbocycles. The lowest BCUT2D eigenvalue weighted by molar-refractivity contribution is 0.141. The van der Waals surface area contributed by atoms with E-state index in [4.69, 9.17) is 9.47 Å². The zero-order chi connectivity index (χ0) is 13.7. The van der Waals surface area contributed by atoms with Crippen molar-refractivity contribution in [1.82, 2.24) is 4.98 Å². The molecule has 0 spiro atoms. The van der Waals surface area contributed by atoms with E-state index in [2.05, 4.69) is 17.2 Å². The molecular formula is C15H20N2O2. The van der Waals surface area contributed by atoms with Crippen LogP contribution < -0.4 is 10.1 Å². The van der Waals surface area contributed by atoms with Crippen LogP contribution in [0.1, 0.15) is 13.8 Å². The molecule has 0 bridgehead atoms. The number of methoxy groups -OCH3 is 1. The maximum atomic E-state index is 5.41. The number of aromatic nitrogens is 1. The summed E-state index contributed by atoms with van der Waals surface area (Å²) in [6.45, 7) is 5.48. The first kappa shape index (κ1) is 13.6. The molecule has 4 heteroatoms. The molecule has 1 aromatic carbocycles. The predicted octanol–water partition coefficient (Wildman–Crippen LogP) is 3.08. The first-order valence-electron chi connectivity index (χ1n) is 6.51. The number of benzene rings is 1. The summed E-state index contributed by atoms with van der Waals surface area (Å²) >= 11 is 0. The van der Waals surface area contributed by atoms with E-state index in [1.807, 2.05) is 31.2 Å². The van der Waals surface area contributed by atoms with Gasteiger partial charge in [-0.3, -0.25) is 0 Å². The van der Waals surface area contributed by atoms with E-state index in [1.54, 1.807) is 13.3 Å². The first-order valence-corrected chi connectivity index (χ1v) is 6.51. The number of hydrogen-bond acceptors (Lipinski definition) is 4. The quantitative estimate of drug-likeness (QED) is 0.866. The van der Waals surface area contributed by atoms with Gasteiger partial charge in [0.15, 0.2) is 0 Å². The molecule has 1 aromatic heterocycles. The van der Waals surface area contributed by atoms with E-state index in [0.717, 1.165) is 28.9 Å². The summed E-state index contributed by atoms with van der Waals surface area (Å²) in [5, 5.41) is 5.58. The second-order valence-electron chi connectivity index (χ2n) is 4.45. The van der Waals surface area contributed by atoms with E-state index in [-0.39, 0.29) is 6.04 Å². The average molecular weight is 260 g/mol.